The van der Waals surface area contributed by atoms with Crippen molar-refractivity contribution in [1.29, 1.82) is 0 Å². The minimum atomic E-state index is -4.09. The Labute approximate surface area is 91.8 Å². The minimum absolute atomic E-state index is 0.0282. The van der Waals surface area contributed by atoms with Gasteiger partial charge in [-0.15, -0.1) is 0 Å². The predicted molar refractivity (Wildman–Crippen MR) is 57.4 cm³/mol. The van der Waals surface area contributed by atoms with Crippen LogP contribution in [0.1, 0.15) is 12.0 Å². The number of alkyl halides is 3. The van der Waals surface area contributed by atoms with Crippen LogP contribution < -0.4 is 10.6 Å². The fourth-order valence-electron chi connectivity index (χ4n) is 1.98. The highest BCUT2D eigenvalue weighted by Crippen LogP contribution is 2.31. The summed E-state index contributed by atoms with van der Waals surface area (Å²) < 4.78 is 36.3. The number of hydrogen-bond acceptors (Lipinski definition) is 2. The zero-order valence-corrected chi connectivity index (χ0v) is 8.72. The lowest BCUT2D eigenvalue weighted by Gasteiger charge is -2.20. The Kier molecular flexibility index (Phi) is 2.69. The molecule has 0 amide bonds. The summed E-state index contributed by atoms with van der Waals surface area (Å²) in [6.07, 6.45) is -4.08. The molecule has 1 aromatic carbocycles. The molecule has 1 aliphatic rings. The Morgan fingerprint density at radius 3 is 2.75 bits per heavy atom. The lowest BCUT2D eigenvalue weighted by atomic mass is 10.1. The molecule has 0 saturated heterocycles. The first kappa shape index (κ1) is 11.1. The molecule has 0 aliphatic carbocycles. The number of nitrogens with zero attached hydrogens (tertiary/aromatic N) is 1. The average molecular weight is 230 g/mol. The van der Waals surface area contributed by atoms with Crippen molar-refractivity contribution >= 4 is 11.4 Å². The maximum absolute atomic E-state index is 12.1. The first-order valence-corrected chi connectivity index (χ1v) is 5.16. The highest BCUT2D eigenvalue weighted by Gasteiger charge is 2.29. The van der Waals surface area contributed by atoms with Gasteiger partial charge in [0, 0.05) is 24.5 Å². The summed E-state index contributed by atoms with van der Waals surface area (Å²) in [4.78, 5) is 1.77. The lowest BCUT2D eigenvalue weighted by Crippen LogP contribution is -2.26. The Morgan fingerprint density at radius 2 is 2.06 bits per heavy atom. The van der Waals surface area contributed by atoms with Crippen LogP contribution in [0.5, 0.6) is 0 Å². The first-order valence-electron chi connectivity index (χ1n) is 5.16. The molecule has 0 atom stereocenters. The Bertz CT molecular complexity index is 387. The topological polar surface area (TPSA) is 29.3 Å². The molecule has 0 fully saturated rings. The van der Waals surface area contributed by atoms with Gasteiger partial charge in [-0.1, -0.05) is 0 Å². The van der Waals surface area contributed by atoms with Gasteiger partial charge in [0.15, 0.2) is 0 Å². The van der Waals surface area contributed by atoms with Crippen LogP contribution in [0.2, 0.25) is 0 Å². The van der Waals surface area contributed by atoms with Gasteiger partial charge in [-0.25, -0.2) is 0 Å². The molecule has 0 saturated carbocycles. The van der Waals surface area contributed by atoms with Crippen LogP contribution >= 0.6 is 0 Å². The third-order valence-electron chi connectivity index (χ3n) is 2.76. The summed E-state index contributed by atoms with van der Waals surface area (Å²) in [6.45, 7) is 0.676. The van der Waals surface area contributed by atoms with E-state index in [2.05, 4.69) is 0 Å². The zero-order valence-electron chi connectivity index (χ0n) is 8.72. The molecule has 2 rings (SSSR count). The van der Waals surface area contributed by atoms with E-state index < -0.39 is 12.6 Å². The van der Waals surface area contributed by atoms with Gasteiger partial charge in [0.2, 0.25) is 0 Å². The van der Waals surface area contributed by atoms with Gasteiger partial charge in [-0.3, -0.25) is 0 Å². The van der Waals surface area contributed by atoms with Gasteiger partial charge in [-0.05, 0) is 30.2 Å². The Morgan fingerprint density at radius 1 is 1.31 bits per heavy atom. The Balaban J connectivity index is 2.06. The predicted octanol–water partition coefficient (Wildman–Crippen LogP) is 2.58. The quantitative estimate of drug-likeness (QED) is 0.791. The zero-order chi connectivity index (χ0) is 11.8. The van der Waals surface area contributed by atoms with Crippen LogP contribution in [-0.4, -0.2) is 19.3 Å². The molecule has 0 radical (unpaired) electrons. The molecule has 0 aromatic heterocycles. The van der Waals surface area contributed by atoms with Crippen molar-refractivity contribution in [2.75, 3.05) is 23.7 Å². The summed E-state index contributed by atoms with van der Waals surface area (Å²) in [5, 5.41) is 0. The van der Waals surface area contributed by atoms with Crippen molar-refractivity contribution < 1.29 is 13.2 Å². The molecule has 2 N–H and O–H groups in total. The number of halogens is 3. The average Bonchev–Trinajstić information content (AvgIpc) is 2.56. The molecule has 88 valence electrons. The SMILES string of the molecule is Nc1ccc2c(c1)CCN2CCC(F)(F)F. The fourth-order valence-corrected chi connectivity index (χ4v) is 1.98. The van der Waals surface area contributed by atoms with Gasteiger partial charge >= 0.3 is 6.18 Å². The summed E-state index contributed by atoms with van der Waals surface area (Å²) in [5.41, 5.74) is 8.22. The van der Waals surface area contributed by atoms with Crippen molar-refractivity contribution in [1.82, 2.24) is 0 Å². The van der Waals surface area contributed by atoms with Crippen LogP contribution in [0, 0.1) is 0 Å². The van der Waals surface area contributed by atoms with Crippen LogP contribution in [0.15, 0.2) is 18.2 Å². The van der Waals surface area contributed by atoms with Gasteiger partial charge in [-0.2, -0.15) is 13.2 Å². The molecule has 2 nitrogen and oxygen atoms in total. The molecule has 5 heteroatoms. The number of benzene rings is 1. The molecule has 1 aliphatic heterocycles. The number of rotatable bonds is 2. The molecule has 0 spiro atoms. The molecular weight excluding hydrogens is 217 g/mol. The molecular formula is C11H13F3N2. The van der Waals surface area contributed by atoms with E-state index in [4.69, 9.17) is 5.73 Å². The van der Waals surface area contributed by atoms with Crippen molar-refractivity contribution in [3.63, 3.8) is 0 Å². The van der Waals surface area contributed by atoms with Gasteiger partial charge in [0.25, 0.3) is 0 Å². The molecule has 1 aromatic rings. The summed E-state index contributed by atoms with van der Waals surface area (Å²) in [5.74, 6) is 0. The lowest BCUT2D eigenvalue weighted by molar-refractivity contribution is -0.132. The number of fused-ring (bicyclic) bond motifs is 1. The van der Waals surface area contributed by atoms with Crippen molar-refractivity contribution in [3.05, 3.63) is 23.8 Å². The minimum Gasteiger partial charge on any atom is -0.399 e. The van der Waals surface area contributed by atoms with Crippen LogP contribution in [0.3, 0.4) is 0 Å². The maximum atomic E-state index is 12.1. The summed E-state index contributed by atoms with van der Waals surface area (Å²) >= 11 is 0. The van der Waals surface area contributed by atoms with Crippen LogP contribution in [0.25, 0.3) is 0 Å². The smallest absolute Gasteiger partial charge is 0.390 e. The molecule has 0 bridgehead atoms. The second-order valence-electron chi connectivity index (χ2n) is 3.99. The summed E-state index contributed by atoms with van der Waals surface area (Å²) in [7, 11) is 0. The molecule has 1 heterocycles. The standard InChI is InChI=1S/C11H13F3N2/c12-11(13,14)4-6-16-5-3-8-7-9(15)1-2-10(8)16/h1-2,7H,3-6,15H2. The fraction of sp³-hybridized carbons (Fsp3) is 0.455. The third kappa shape index (κ3) is 2.40. The maximum Gasteiger partial charge on any atom is 0.390 e. The molecule has 16 heavy (non-hydrogen) atoms. The van der Waals surface area contributed by atoms with E-state index in [0.29, 0.717) is 12.2 Å². The third-order valence-corrected chi connectivity index (χ3v) is 2.76. The summed E-state index contributed by atoms with van der Waals surface area (Å²) in [6, 6.07) is 5.36. The van der Waals surface area contributed by atoms with E-state index in [1.807, 2.05) is 6.07 Å². The van der Waals surface area contributed by atoms with E-state index >= 15 is 0 Å². The monoisotopic (exact) mass is 230 g/mol. The van der Waals surface area contributed by atoms with E-state index in [0.717, 1.165) is 17.7 Å². The Hall–Kier alpha value is -1.39. The number of hydrogen-bond donors (Lipinski definition) is 1. The van der Waals surface area contributed by atoms with E-state index in [1.54, 1.807) is 17.0 Å². The normalized spacial score (nSPS) is 15.3. The number of nitrogens with two attached hydrogens (primary N) is 1. The van der Waals surface area contributed by atoms with Gasteiger partial charge in [0.1, 0.15) is 0 Å². The first-order chi connectivity index (χ1) is 7.46. The van der Waals surface area contributed by atoms with Crippen molar-refractivity contribution in [3.8, 4) is 0 Å². The number of anilines is 2. The van der Waals surface area contributed by atoms with Gasteiger partial charge in [0.05, 0.1) is 6.42 Å². The number of nitrogen functional groups attached to an aromatic ring is 1. The van der Waals surface area contributed by atoms with Crippen molar-refractivity contribution in [2.45, 2.75) is 19.0 Å². The van der Waals surface area contributed by atoms with Gasteiger partial charge < -0.3 is 10.6 Å². The highest BCUT2D eigenvalue weighted by molar-refractivity contribution is 5.62. The second kappa shape index (κ2) is 3.88. The van der Waals surface area contributed by atoms with Crippen molar-refractivity contribution in [2.24, 2.45) is 0 Å². The van der Waals surface area contributed by atoms with E-state index in [-0.39, 0.29) is 6.54 Å². The van der Waals surface area contributed by atoms with E-state index in [1.165, 1.54) is 0 Å². The van der Waals surface area contributed by atoms with E-state index in [9.17, 15) is 13.2 Å². The second-order valence-corrected chi connectivity index (χ2v) is 3.99. The van der Waals surface area contributed by atoms with Crippen LogP contribution in [0.4, 0.5) is 24.5 Å². The van der Waals surface area contributed by atoms with Crippen LogP contribution in [-0.2, 0) is 6.42 Å². The largest absolute Gasteiger partial charge is 0.399 e. The molecule has 0 unspecified atom stereocenters. The highest BCUT2D eigenvalue weighted by atomic mass is 19.4.